The van der Waals surface area contributed by atoms with Crippen LogP contribution in [0.1, 0.15) is 24.8 Å². The monoisotopic (exact) mass is 245 g/mol. The number of fused-ring (bicyclic) bond motifs is 1. The molecule has 0 saturated carbocycles. The average Bonchev–Trinajstić information content (AvgIpc) is 2.41. The second-order valence-corrected chi connectivity index (χ2v) is 5.67. The molecule has 1 unspecified atom stereocenters. The van der Waals surface area contributed by atoms with Crippen LogP contribution in [-0.4, -0.2) is 37.1 Å². The zero-order valence-electron chi connectivity index (χ0n) is 11.2. The minimum absolute atomic E-state index is 0.759. The standard InChI is InChI=1S/C15H23N3/c1-12-5-6-13(10-15(12)16)18-9-8-17-7-3-2-4-14(17)11-18/h5-6,10,14H,2-4,7-9,11,16H2,1H3. The number of hydrogen-bond donors (Lipinski definition) is 1. The number of nitrogen functional groups attached to an aromatic ring is 1. The van der Waals surface area contributed by atoms with Crippen LogP contribution >= 0.6 is 0 Å². The molecule has 2 heterocycles. The Morgan fingerprint density at radius 1 is 1.17 bits per heavy atom. The number of nitrogens with zero attached hydrogens (tertiary/aromatic N) is 2. The van der Waals surface area contributed by atoms with Crippen molar-refractivity contribution in [2.45, 2.75) is 32.2 Å². The number of aryl methyl sites for hydroxylation is 1. The predicted octanol–water partition coefficient (Wildman–Crippen LogP) is 2.25. The van der Waals surface area contributed by atoms with Gasteiger partial charge >= 0.3 is 0 Å². The lowest BCUT2D eigenvalue weighted by molar-refractivity contribution is 0.133. The molecule has 18 heavy (non-hydrogen) atoms. The van der Waals surface area contributed by atoms with Gasteiger partial charge in [0, 0.05) is 37.1 Å². The first kappa shape index (κ1) is 11.8. The van der Waals surface area contributed by atoms with Crippen LogP contribution in [0, 0.1) is 6.92 Å². The zero-order chi connectivity index (χ0) is 12.5. The van der Waals surface area contributed by atoms with Crippen molar-refractivity contribution in [1.29, 1.82) is 0 Å². The Labute approximate surface area is 110 Å². The fourth-order valence-electron chi connectivity index (χ4n) is 3.22. The van der Waals surface area contributed by atoms with Gasteiger partial charge in [-0.1, -0.05) is 12.5 Å². The van der Waals surface area contributed by atoms with Gasteiger partial charge in [-0.25, -0.2) is 0 Å². The molecule has 1 aromatic carbocycles. The van der Waals surface area contributed by atoms with Crippen LogP contribution in [0.5, 0.6) is 0 Å². The van der Waals surface area contributed by atoms with Crippen molar-refractivity contribution in [3.05, 3.63) is 23.8 Å². The summed E-state index contributed by atoms with van der Waals surface area (Å²) in [6.45, 7) is 6.88. The summed E-state index contributed by atoms with van der Waals surface area (Å²) in [7, 11) is 0. The fraction of sp³-hybridized carbons (Fsp3) is 0.600. The van der Waals surface area contributed by atoms with E-state index in [2.05, 4.69) is 34.9 Å². The SMILES string of the molecule is Cc1ccc(N2CCN3CCCCC3C2)cc1N. The number of hydrogen-bond acceptors (Lipinski definition) is 3. The van der Waals surface area contributed by atoms with Crippen molar-refractivity contribution in [1.82, 2.24) is 4.90 Å². The maximum atomic E-state index is 6.02. The minimum Gasteiger partial charge on any atom is -0.398 e. The minimum atomic E-state index is 0.759. The summed E-state index contributed by atoms with van der Waals surface area (Å²) in [6, 6.07) is 7.24. The molecule has 0 aliphatic carbocycles. The van der Waals surface area contributed by atoms with Crippen molar-refractivity contribution < 1.29 is 0 Å². The normalized spacial score (nSPS) is 24.9. The third kappa shape index (κ3) is 2.19. The molecule has 2 aliphatic rings. The molecule has 0 aromatic heterocycles. The van der Waals surface area contributed by atoms with Crippen LogP contribution in [0.4, 0.5) is 11.4 Å². The molecule has 0 amide bonds. The van der Waals surface area contributed by atoms with E-state index in [0.717, 1.165) is 18.3 Å². The van der Waals surface area contributed by atoms with Gasteiger partial charge in [0.25, 0.3) is 0 Å². The summed E-state index contributed by atoms with van der Waals surface area (Å²) in [6.07, 6.45) is 4.14. The average molecular weight is 245 g/mol. The van der Waals surface area contributed by atoms with Gasteiger partial charge in [-0.3, -0.25) is 4.90 Å². The van der Waals surface area contributed by atoms with E-state index in [9.17, 15) is 0 Å². The molecule has 2 N–H and O–H groups in total. The molecule has 2 aliphatic heterocycles. The van der Waals surface area contributed by atoms with E-state index in [0.29, 0.717) is 0 Å². The molecular weight excluding hydrogens is 222 g/mol. The molecule has 2 saturated heterocycles. The highest BCUT2D eigenvalue weighted by Crippen LogP contribution is 2.26. The molecule has 1 aromatic rings. The number of piperazine rings is 1. The van der Waals surface area contributed by atoms with Crippen LogP contribution in [-0.2, 0) is 0 Å². The molecule has 2 fully saturated rings. The first-order valence-electron chi connectivity index (χ1n) is 7.09. The Bertz CT molecular complexity index is 430. The number of anilines is 2. The molecule has 3 heteroatoms. The number of benzene rings is 1. The van der Waals surface area contributed by atoms with Crippen molar-refractivity contribution in [3.63, 3.8) is 0 Å². The maximum absolute atomic E-state index is 6.02. The van der Waals surface area contributed by atoms with Gasteiger partial charge in [0.2, 0.25) is 0 Å². The predicted molar refractivity (Wildman–Crippen MR) is 77.0 cm³/mol. The molecule has 3 rings (SSSR count). The summed E-state index contributed by atoms with van der Waals surface area (Å²) >= 11 is 0. The van der Waals surface area contributed by atoms with E-state index in [1.807, 2.05) is 0 Å². The van der Waals surface area contributed by atoms with Gasteiger partial charge < -0.3 is 10.6 Å². The highest BCUT2D eigenvalue weighted by atomic mass is 15.3. The first-order valence-corrected chi connectivity index (χ1v) is 7.09. The topological polar surface area (TPSA) is 32.5 Å². The van der Waals surface area contributed by atoms with Crippen LogP contribution in [0.2, 0.25) is 0 Å². The lowest BCUT2D eigenvalue weighted by Crippen LogP contribution is -2.54. The number of nitrogens with two attached hydrogens (primary N) is 1. The van der Waals surface area contributed by atoms with Crippen molar-refractivity contribution in [2.24, 2.45) is 0 Å². The Balaban J connectivity index is 1.75. The molecule has 0 spiro atoms. The van der Waals surface area contributed by atoms with Gasteiger partial charge in [-0.15, -0.1) is 0 Å². The Hall–Kier alpha value is -1.22. The smallest absolute Gasteiger partial charge is 0.0388 e. The largest absolute Gasteiger partial charge is 0.398 e. The van der Waals surface area contributed by atoms with Crippen molar-refractivity contribution in [3.8, 4) is 0 Å². The van der Waals surface area contributed by atoms with Crippen LogP contribution in [0.15, 0.2) is 18.2 Å². The highest BCUT2D eigenvalue weighted by Gasteiger charge is 2.28. The van der Waals surface area contributed by atoms with E-state index in [-0.39, 0.29) is 0 Å². The third-order valence-electron chi connectivity index (χ3n) is 4.47. The lowest BCUT2D eigenvalue weighted by Gasteiger charge is -2.45. The molecule has 1 atom stereocenters. The molecule has 0 radical (unpaired) electrons. The van der Waals surface area contributed by atoms with Crippen molar-refractivity contribution in [2.75, 3.05) is 36.8 Å². The quantitative estimate of drug-likeness (QED) is 0.770. The Morgan fingerprint density at radius 3 is 2.89 bits per heavy atom. The van der Waals surface area contributed by atoms with Crippen molar-refractivity contribution >= 4 is 11.4 Å². The Kier molecular flexibility index (Phi) is 3.16. The van der Waals surface area contributed by atoms with Crippen LogP contribution < -0.4 is 10.6 Å². The molecular formula is C15H23N3. The number of rotatable bonds is 1. The maximum Gasteiger partial charge on any atom is 0.0388 e. The van der Waals surface area contributed by atoms with E-state index in [1.54, 1.807) is 0 Å². The van der Waals surface area contributed by atoms with E-state index in [1.165, 1.54) is 50.1 Å². The van der Waals surface area contributed by atoms with E-state index >= 15 is 0 Å². The lowest BCUT2D eigenvalue weighted by atomic mass is 9.99. The summed E-state index contributed by atoms with van der Waals surface area (Å²) in [5.74, 6) is 0. The van der Waals surface area contributed by atoms with Gasteiger partial charge in [0.05, 0.1) is 0 Å². The third-order valence-corrected chi connectivity index (χ3v) is 4.47. The second kappa shape index (κ2) is 4.81. The second-order valence-electron chi connectivity index (χ2n) is 5.67. The molecule has 3 nitrogen and oxygen atoms in total. The molecule has 0 bridgehead atoms. The van der Waals surface area contributed by atoms with Gasteiger partial charge in [-0.05, 0) is 44.0 Å². The summed E-state index contributed by atoms with van der Waals surface area (Å²) in [5, 5.41) is 0. The van der Waals surface area contributed by atoms with Crippen LogP contribution in [0.25, 0.3) is 0 Å². The first-order chi connectivity index (χ1) is 8.74. The zero-order valence-corrected chi connectivity index (χ0v) is 11.2. The van der Waals surface area contributed by atoms with Crippen LogP contribution in [0.3, 0.4) is 0 Å². The Morgan fingerprint density at radius 2 is 2.06 bits per heavy atom. The van der Waals surface area contributed by atoms with Gasteiger partial charge in [-0.2, -0.15) is 0 Å². The number of piperidine rings is 1. The summed E-state index contributed by atoms with van der Waals surface area (Å²) < 4.78 is 0. The van der Waals surface area contributed by atoms with Gasteiger partial charge in [0.15, 0.2) is 0 Å². The summed E-state index contributed by atoms with van der Waals surface area (Å²) in [5.41, 5.74) is 9.41. The summed E-state index contributed by atoms with van der Waals surface area (Å²) in [4.78, 5) is 5.17. The van der Waals surface area contributed by atoms with Gasteiger partial charge in [0.1, 0.15) is 0 Å². The molecule has 98 valence electrons. The van der Waals surface area contributed by atoms with E-state index < -0.39 is 0 Å². The van der Waals surface area contributed by atoms with E-state index in [4.69, 9.17) is 5.73 Å². The fourth-order valence-corrected chi connectivity index (χ4v) is 3.22. The highest BCUT2D eigenvalue weighted by molar-refractivity contribution is 5.60.